The molecule has 202 valence electrons. The van der Waals surface area contributed by atoms with Gasteiger partial charge in [0.05, 0.1) is 30.3 Å². The van der Waals surface area contributed by atoms with E-state index in [1.807, 2.05) is 31.5 Å². The molecule has 0 spiro atoms. The molecular weight excluding hydrogens is 496 g/mol. The van der Waals surface area contributed by atoms with Gasteiger partial charge in [-0.3, -0.25) is 20.0 Å². The number of pyridine rings is 3. The molecule has 1 saturated heterocycles. The molecule has 1 fully saturated rings. The van der Waals surface area contributed by atoms with E-state index >= 15 is 0 Å². The molecule has 7 rings (SSSR count). The molecule has 1 atom stereocenters. The fraction of sp³-hybridized carbons (Fsp3) is 0.333. The zero-order valence-corrected chi connectivity index (χ0v) is 23.2. The first-order valence-electron chi connectivity index (χ1n) is 14.3. The lowest BCUT2D eigenvalue weighted by molar-refractivity contribution is 0.0136. The highest BCUT2D eigenvalue weighted by atomic mass is 16.5. The van der Waals surface area contributed by atoms with Crippen LogP contribution in [0.1, 0.15) is 35.2 Å². The van der Waals surface area contributed by atoms with Crippen LogP contribution in [0.3, 0.4) is 0 Å². The average Bonchev–Trinajstić information content (AvgIpc) is 3.30. The van der Waals surface area contributed by atoms with Crippen molar-refractivity contribution in [3.05, 3.63) is 83.3 Å². The van der Waals surface area contributed by atoms with Crippen molar-refractivity contribution in [3.8, 4) is 33.8 Å². The summed E-state index contributed by atoms with van der Waals surface area (Å²) in [5.74, 6) is 0. The summed E-state index contributed by atoms with van der Waals surface area (Å²) >= 11 is 0. The van der Waals surface area contributed by atoms with Gasteiger partial charge in [-0.05, 0) is 86.1 Å². The Morgan fingerprint density at radius 3 is 2.45 bits per heavy atom. The van der Waals surface area contributed by atoms with Gasteiger partial charge in [0.1, 0.15) is 0 Å². The van der Waals surface area contributed by atoms with E-state index < -0.39 is 0 Å². The Bertz CT molecular complexity index is 1670. The third-order valence-electron chi connectivity index (χ3n) is 8.53. The predicted octanol–water partition coefficient (Wildman–Crippen LogP) is 5.95. The van der Waals surface area contributed by atoms with Gasteiger partial charge in [0.2, 0.25) is 0 Å². The maximum Gasteiger partial charge on any atom is 0.181 e. The van der Waals surface area contributed by atoms with Crippen molar-refractivity contribution in [2.24, 2.45) is 0 Å². The van der Waals surface area contributed by atoms with E-state index in [4.69, 9.17) is 19.7 Å². The van der Waals surface area contributed by atoms with E-state index in [1.54, 1.807) is 0 Å². The summed E-state index contributed by atoms with van der Waals surface area (Å²) in [5.41, 5.74) is 11.8. The summed E-state index contributed by atoms with van der Waals surface area (Å²) in [7, 11) is 0. The fourth-order valence-corrected chi connectivity index (χ4v) is 6.23. The molecule has 0 unspecified atom stereocenters. The van der Waals surface area contributed by atoms with E-state index in [0.29, 0.717) is 11.7 Å². The molecule has 1 aliphatic heterocycles. The number of rotatable bonds is 4. The van der Waals surface area contributed by atoms with Gasteiger partial charge in [-0.25, -0.2) is 4.98 Å². The first-order valence-corrected chi connectivity index (χ1v) is 14.3. The molecule has 4 aromatic heterocycles. The Morgan fingerprint density at radius 1 is 0.825 bits per heavy atom. The Hall–Kier alpha value is -3.94. The summed E-state index contributed by atoms with van der Waals surface area (Å²) in [6.45, 7) is 7.94. The minimum absolute atomic E-state index is 0.649. The van der Waals surface area contributed by atoms with Crippen LogP contribution >= 0.6 is 0 Å². The molecule has 5 aromatic rings. The van der Waals surface area contributed by atoms with Crippen molar-refractivity contribution < 1.29 is 4.74 Å². The van der Waals surface area contributed by atoms with Crippen molar-refractivity contribution in [1.82, 2.24) is 30.0 Å². The topological polar surface area (TPSA) is 79.8 Å². The second-order valence-corrected chi connectivity index (χ2v) is 11.1. The molecule has 0 saturated carbocycles. The van der Waals surface area contributed by atoms with Gasteiger partial charge in [-0.2, -0.15) is 5.10 Å². The van der Waals surface area contributed by atoms with Gasteiger partial charge in [-0.15, -0.1) is 0 Å². The highest BCUT2D eigenvalue weighted by Crippen LogP contribution is 2.32. The normalized spacial score (nSPS) is 18.0. The minimum Gasteiger partial charge on any atom is -0.379 e. The van der Waals surface area contributed by atoms with Gasteiger partial charge < -0.3 is 4.74 Å². The fourth-order valence-electron chi connectivity index (χ4n) is 6.23. The molecule has 1 aliphatic carbocycles. The van der Waals surface area contributed by atoms with Gasteiger partial charge in [0.25, 0.3) is 0 Å². The maximum atomic E-state index is 5.58. The first kappa shape index (κ1) is 25.1. The standard InChI is InChI=1S/C33H34N6O/c1-21-3-4-22(2)36-31(21)26-9-12-30(34-19-26)32-29-18-27(20-35-33(29)38-37-32)25-6-5-23-7-10-28(11-8-24(23)17-25)39-13-15-40-16-14-39/h3-6,9,12,17-20,28H,7-8,10-11,13-16H2,1-2H3,(H,35,37,38)/t28-/m0/s1. The summed E-state index contributed by atoms with van der Waals surface area (Å²) in [6.07, 6.45) is 8.52. The van der Waals surface area contributed by atoms with Crippen molar-refractivity contribution in [3.63, 3.8) is 0 Å². The van der Waals surface area contributed by atoms with Crippen LogP contribution in [0.4, 0.5) is 0 Å². The monoisotopic (exact) mass is 530 g/mol. The molecule has 0 amide bonds. The zero-order chi connectivity index (χ0) is 27.1. The molecule has 7 nitrogen and oxygen atoms in total. The van der Waals surface area contributed by atoms with Crippen LogP contribution in [-0.2, 0) is 17.6 Å². The van der Waals surface area contributed by atoms with E-state index in [0.717, 1.165) is 84.0 Å². The molecule has 1 aromatic carbocycles. The minimum atomic E-state index is 0.649. The van der Waals surface area contributed by atoms with Crippen LogP contribution in [0.15, 0.2) is 60.9 Å². The third kappa shape index (κ3) is 4.80. The lowest BCUT2D eigenvalue weighted by Crippen LogP contribution is -2.43. The lowest BCUT2D eigenvalue weighted by Gasteiger charge is -2.33. The molecule has 2 aliphatic rings. The molecular formula is C33H34N6O. The molecule has 7 heteroatoms. The van der Waals surface area contributed by atoms with Crippen LogP contribution in [0, 0.1) is 13.8 Å². The van der Waals surface area contributed by atoms with Crippen molar-refractivity contribution in [2.45, 2.75) is 45.6 Å². The summed E-state index contributed by atoms with van der Waals surface area (Å²) in [4.78, 5) is 16.8. The van der Waals surface area contributed by atoms with Crippen LogP contribution < -0.4 is 0 Å². The number of morpholine rings is 1. The number of benzene rings is 1. The largest absolute Gasteiger partial charge is 0.379 e. The van der Waals surface area contributed by atoms with E-state index in [1.165, 1.54) is 29.5 Å². The molecule has 5 heterocycles. The molecule has 40 heavy (non-hydrogen) atoms. The van der Waals surface area contributed by atoms with Gasteiger partial charge in [0.15, 0.2) is 5.65 Å². The Balaban J connectivity index is 1.16. The Morgan fingerprint density at radius 2 is 1.62 bits per heavy atom. The number of aromatic nitrogens is 5. The number of ether oxygens (including phenoxy) is 1. The lowest BCUT2D eigenvalue weighted by atomic mass is 9.97. The van der Waals surface area contributed by atoms with Crippen molar-refractivity contribution >= 4 is 11.0 Å². The molecule has 1 N–H and O–H groups in total. The second kappa shape index (κ2) is 10.6. The smallest absolute Gasteiger partial charge is 0.181 e. The van der Waals surface area contributed by atoms with E-state index in [2.05, 4.69) is 58.4 Å². The van der Waals surface area contributed by atoms with Crippen molar-refractivity contribution in [2.75, 3.05) is 26.3 Å². The highest BCUT2D eigenvalue weighted by Gasteiger charge is 2.24. The SMILES string of the molecule is Cc1ccc(C)c(-c2ccc(-c3[nH]nc4ncc(-c5ccc6c(c5)CC[C@@H](N5CCOCC5)CC6)cc34)nc2)n1. The highest BCUT2D eigenvalue weighted by molar-refractivity contribution is 5.92. The zero-order valence-electron chi connectivity index (χ0n) is 23.2. The Kier molecular flexibility index (Phi) is 6.61. The number of aromatic amines is 1. The van der Waals surface area contributed by atoms with Crippen LogP contribution in [0.2, 0.25) is 0 Å². The number of hydrogen-bond donors (Lipinski definition) is 1. The second-order valence-electron chi connectivity index (χ2n) is 11.1. The van der Waals surface area contributed by atoms with Crippen LogP contribution in [0.5, 0.6) is 0 Å². The number of hydrogen-bond acceptors (Lipinski definition) is 6. The van der Waals surface area contributed by atoms with Crippen LogP contribution in [0.25, 0.3) is 44.8 Å². The Labute approximate surface area is 234 Å². The van der Waals surface area contributed by atoms with Crippen molar-refractivity contribution in [1.29, 1.82) is 0 Å². The van der Waals surface area contributed by atoms with E-state index in [-0.39, 0.29) is 0 Å². The van der Waals surface area contributed by atoms with Gasteiger partial charge >= 0.3 is 0 Å². The van der Waals surface area contributed by atoms with Gasteiger partial charge in [0, 0.05) is 53.7 Å². The number of nitrogens with zero attached hydrogens (tertiary/aromatic N) is 5. The molecule has 0 radical (unpaired) electrons. The summed E-state index contributed by atoms with van der Waals surface area (Å²) in [5, 5.41) is 8.62. The van der Waals surface area contributed by atoms with Crippen LogP contribution in [-0.4, -0.2) is 62.4 Å². The van der Waals surface area contributed by atoms with Gasteiger partial charge in [-0.1, -0.05) is 24.3 Å². The number of H-pyrrole nitrogens is 1. The number of aryl methyl sites for hydroxylation is 4. The third-order valence-corrected chi connectivity index (χ3v) is 8.53. The summed E-state index contributed by atoms with van der Waals surface area (Å²) in [6, 6.07) is 18.1. The average molecular weight is 531 g/mol. The number of nitrogens with one attached hydrogen (secondary N) is 1. The predicted molar refractivity (Wildman–Crippen MR) is 158 cm³/mol. The quantitative estimate of drug-likeness (QED) is 0.290. The summed E-state index contributed by atoms with van der Waals surface area (Å²) < 4.78 is 5.58. The first-order chi connectivity index (χ1) is 19.6. The maximum absolute atomic E-state index is 5.58. The molecule has 0 bridgehead atoms. The number of fused-ring (bicyclic) bond motifs is 2. The van der Waals surface area contributed by atoms with E-state index in [9.17, 15) is 0 Å².